The van der Waals surface area contributed by atoms with E-state index in [1.54, 1.807) is 6.92 Å². The Morgan fingerprint density at radius 1 is 0.814 bits per heavy atom. The van der Waals surface area contributed by atoms with Crippen LogP contribution in [0.1, 0.15) is 38.1 Å². The summed E-state index contributed by atoms with van der Waals surface area (Å²) >= 11 is 16.9. The maximum Gasteiger partial charge on any atom is 0.414 e. The first-order valence-electron chi connectivity index (χ1n) is 12.5. The molecule has 18 heteroatoms. The summed E-state index contributed by atoms with van der Waals surface area (Å²) in [5.74, 6) is -3.03. The van der Waals surface area contributed by atoms with Crippen LogP contribution in [0.25, 0.3) is 0 Å². The fourth-order valence-electron chi connectivity index (χ4n) is 3.64. The van der Waals surface area contributed by atoms with E-state index in [0.29, 0.717) is 0 Å². The molecule has 0 spiro atoms. The Balaban J connectivity index is 2.38. The molecular formula is C25H29Cl3N2O13. The number of carbonyl (C=O) groups excluding carboxylic acids is 6. The van der Waals surface area contributed by atoms with Crippen LogP contribution in [0.5, 0.6) is 0 Å². The molecule has 1 fully saturated rings. The van der Waals surface area contributed by atoms with Gasteiger partial charge in [0.05, 0.1) is 12.2 Å². The standard InChI is InChI=1S/C25H29Cl3N2O13/c1-5-37-21(34)15-6-8-16(9-7-15)29-24(36)43-22-18(30-23(35)39-11-25(26,27)28)20(41-14(4)33)19(40-13(3)32)17(42-22)10-38-12(2)31/h6-9,17-20,22H,5,10-11H2,1-4H3,(H,29,36)(H,30,35)/t17-,18-,19-,20-,22+/m1/s1. The van der Waals surface area contributed by atoms with Crippen LogP contribution in [-0.2, 0) is 47.5 Å². The average Bonchev–Trinajstić information content (AvgIpc) is 2.89. The van der Waals surface area contributed by atoms with Crippen molar-refractivity contribution in [3.8, 4) is 0 Å². The summed E-state index contributed by atoms with van der Waals surface area (Å²) in [4.78, 5) is 72.8. The van der Waals surface area contributed by atoms with Crippen LogP contribution in [0.2, 0.25) is 0 Å². The lowest BCUT2D eigenvalue weighted by atomic mass is 9.96. The summed E-state index contributed by atoms with van der Waals surface area (Å²) in [7, 11) is 0. The number of esters is 4. The fourth-order valence-corrected chi connectivity index (χ4v) is 3.80. The molecule has 0 radical (unpaired) electrons. The van der Waals surface area contributed by atoms with E-state index in [9.17, 15) is 28.8 Å². The zero-order valence-electron chi connectivity index (χ0n) is 23.3. The molecule has 238 valence electrons. The van der Waals surface area contributed by atoms with Gasteiger partial charge in [-0.15, -0.1) is 0 Å². The molecule has 2 rings (SSSR count). The number of halogens is 3. The smallest absolute Gasteiger partial charge is 0.414 e. The minimum Gasteiger partial charge on any atom is -0.463 e. The highest BCUT2D eigenvalue weighted by Crippen LogP contribution is 2.29. The van der Waals surface area contributed by atoms with E-state index in [4.69, 9.17) is 68.0 Å². The molecule has 15 nitrogen and oxygen atoms in total. The van der Waals surface area contributed by atoms with E-state index in [1.807, 2.05) is 0 Å². The highest BCUT2D eigenvalue weighted by Gasteiger charge is 2.53. The molecule has 1 aliphatic heterocycles. The van der Waals surface area contributed by atoms with Crippen molar-refractivity contribution in [1.29, 1.82) is 0 Å². The minimum absolute atomic E-state index is 0.172. The van der Waals surface area contributed by atoms with Gasteiger partial charge in [0.25, 0.3) is 0 Å². The Morgan fingerprint density at radius 3 is 1.95 bits per heavy atom. The quantitative estimate of drug-likeness (QED) is 0.210. The monoisotopic (exact) mass is 670 g/mol. The molecule has 2 amide bonds. The predicted octanol–water partition coefficient (Wildman–Crippen LogP) is 3.03. The first kappa shape index (κ1) is 35.7. The molecular weight excluding hydrogens is 643 g/mol. The van der Waals surface area contributed by atoms with E-state index in [2.05, 4.69) is 10.6 Å². The molecule has 0 aliphatic carbocycles. The van der Waals surface area contributed by atoms with E-state index >= 15 is 0 Å². The number of alkyl halides is 3. The Bertz CT molecular complexity index is 1180. The summed E-state index contributed by atoms with van der Waals surface area (Å²) in [6, 6.07) is 3.99. The Hall–Kier alpha value is -3.53. The molecule has 0 saturated carbocycles. The third kappa shape index (κ3) is 12.3. The topological polar surface area (TPSA) is 191 Å². The van der Waals surface area contributed by atoms with Crippen molar-refractivity contribution in [2.45, 2.75) is 62.1 Å². The lowest BCUT2D eigenvalue weighted by Gasteiger charge is -2.44. The van der Waals surface area contributed by atoms with Gasteiger partial charge >= 0.3 is 36.1 Å². The molecule has 5 atom stereocenters. The zero-order valence-corrected chi connectivity index (χ0v) is 25.5. The summed E-state index contributed by atoms with van der Waals surface area (Å²) in [6.07, 6.45) is -8.52. The van der Waals surface area contributed by atoms with Gasteiger partial charge in [-0.2, -0.15) is 0 Å². The van der Waals surface area contributed by atoms with Crippen LogP contribution < -0.4 is 10.6 Å². The van der Waals surface area contributed by atoms with Crippen LogP contribution in [-0.4, -0.2) is 90.3 Å². The Kier molecular flexibility index (Phi) is 13.6. The van der Waals surface area contributed by atoms with Crippen molar-refractivity contribution in [2.24, 2.45) is 0 Å². The number of rotatable bonds is 10. The van der Waals surface area contributed by atoms with Gasteiger partial charge in [-0.1, -0.05) is 34.8 Å². The van der Waals surface area contributed by atoms with Crippen molar-refractivity contribution in [3.05, 3.63) is 29.8 Å². The first-order valence-corrected chi connectivity index (χ1v) is 13.6. The van der Waals surface area contributed by atoms with Gasteiger partial charge in [-0.25, -0.2) is 14.4 Å². The molecule has 1 aromatic rings. The molecule has 1 aliphatic rings. The second kappa shape index (κ2) is 16.4. The second-order valence-electron chi connectivity index (χ2n) is 8.68. The molecule has 1 aromatic carbocycles. The molecule has 1 heterocycles. The Labute approximate surface area is 260 Å². The third-order valence-electron chi connectivity index (χ3n) is 5.22. The number of alkyl carbamates (subject to hydrolysis) is 1. The Morgan fingerprint density at radius 2 is 1.42 bits per heavy atom. The average molecular weight is 672 g/mol. The van der Waals surface area contributed by atoms with Crippen LogP contribution in [0.15, 0.2) is 24.3 Å². The van der Waals surface area contributed by atoms with Gasteiger partial charge in [-0.05, 0) is 31.2 Å². The van der Waals surface area contributed by atoms with Crippen molar-refractivity contribution in [1.82, 2.24) is 5.32 Å². The summed E-state index contributed by atoms with van der Waals surface area (Å²) in [5, 5.41) is 4.69. The van der Waals surface area contributed by atoms with Gasteiger partial charge in [0.1, 0.15) is 25.4 Å². The number of benzene rings is 1. The number of amides is 2. The summed E-state index contributed by atoms with van der Waals surface area (Å²) in [6.45, 7) is 3.77. The number of hydrogen-bond donors (Lipinski definition) is 2. The van der Waals surface area contributed by atoms with Gasteiger partial charge in [0.15, 0.2) is 12.2 Å². The lowest BCUT2D eigenvalue weighted by molar-refractivity contribution is -0.262. The van der Waals surface area contributed by atoms with E-state index in [0.717, 1.165) is 20.8 Å². The molecule has 0 aromatic heterocycles. The lowest BCUT2D eigenvalue weighted by Crippen LogP contribution is -2.67. The van der Waals surface area contributed by atoms with Crippen molar-refractivity contribution >= 4 is 76.6 Å². The third-order valence-corrected chi connectivity index (χ3v) is 5.55. The highest BCUT2D eigenvalue weighted by molar-refractivity contribution is 6.67. The highest BCUT2D eigenvalue weighted by atomic mass is 35.6. The molecule has 0 bridgehead atoms. The van der Waals surface area contributed by atoms with Crippen LogP contribution in [0.3, 0.4) is 0 Å². The predicted molar refractivity (Wildman–Crippen MR) is 147 cm³/mol. The molecule has 43 heavy (non-hydrogen) atoms. The van der Waals surface area contributed by atoms with Gasteiger partial charge in [-0.3, -0.25) is 19.7 Å². The molecule has 0 unspecified atom stereocenters. The second-order valence-corrected chi connectivity index (χ2v) is 11.2. The normalized spacial score (nSPS) is 21.4. The summed E-state index contributed by atoms with van der Waals surface area (Å²) < 4.78 is 34.6. The number of nitrogens with one attached hydrogen (secondary N) is 2. The number of carbonyl (C=O) groups is 6. The largest absolute Gasteiger partial charge is 0.463 e. The van der Waals surface area contributed by atoms with Crippen LogP contribution >= 0.6 is 34.8 Å². The SMILES string of the molecule is CCOC(=O)c1ccc(NC(=O)O[C@@H]2O[C@H](COC(C)=O)[C@@H](OC(C)=O)[C@H](OC(C)=O)[C@H]2NC(=O)OCC(Cl)(Cl)Cl)cc1. The van der Waals surface area contributed by atoms with Gasteiger partial charge < -0.3 is 38.5 Å². The maximum absolute atomic E-state index is 12.9. The maximum atomic E-state index is 12.9. The fraction of sp³-hybridized carbons (Fsp3) is 0.520. The number of anilines is 1. The number of ether oxygens (including phenoxy) is 7. The van der Waals surface area contributed by atoms with Crippen molar-refractivity contribution in [3.63, 3.8) is 0 Å². The van der Waals surface area contributed by atoms with Crippen LogP contribution in [0, 0.1) is 0 Å². The van der Waals surface area contributed by atoms with Crippen LogP contribution in [0.4, 0.5) is 15.3 Å². The molecule has 2 N–H and O–H groups in total. The van der Waals surface area contributed by atoms with Gasteiger partial charge in [0, 0.05) is 26.5 Å². The van der Waals surface area contributed by atoms with E-state index in [-0.39, 0.29) is 17.9 Å². The van der Waals surface area contributed by atoms with E-state index < -0.39 is 83.7 Å². The minimum atomic E-state index is -1.98. The summed E-state index contributed by atoms with van der Waals surface area (Å²) in [5.41, 5.74) is 0.411. The van der Waals surface area contributed by atoms with Crippen molar-refractivity contribution < 1.29 is 61.9 Å². The number of hydrogen-bond acceptors (Lipinski definition) is 13. The molecule has 1 saturated heterocycles. The van der Waals surface area contributed by atoms with Crippen molar-refractivity contribution in [2.75, 3.05) is 25.1 Å². The van der Waals surface area contributed by atoms with E-state index in [1.165, 1.54) is 24.3 Å². The zero-order chi connectivity index (χ0) is 32.3. The first-order chi connectivity index (χ1) is 20.1. The van der Waals surface area contributed by atoms with Gasteiger partial charge in [0.2, 0.25) is 10.1 Å².